The number of benzene rings is 2. The lowest BCUT2D eigenvalue weighted by molar-refractivity contribution is 0.867. The molecule has 0 bridgehead atoms. The van der Waals surface area contributed by atoms with E-state index in [0.717, 1.165) is 22.1 Å². The van der Waals surface area contributed by atoms with E-state index < -0.39 is 0 Å². The number of nitrogens with zero attached hydrogens (tertiary/aromatic N) is 2. The van der Waals surface area contributed by atoms with Crippen LogP contribution in [0.15, 0.2) is 36.4 Å². The van der Waals surface area contributed by atoms with Crippen LogP contribution in [0.1, 0.15) is 50.7 Å². The molecule has 0 unspecified atom stereocenters. The molecule has 1 aromatic heterocycles. The lowest BCUT2D eigenvalue weighted by Crippen LogP contribution is -1.93. The molecule has 0 saturated heterocycles. The number of hydrogen-bond acceptors (Lipinski definition) is 2. The maximum Gasteiger partial charge on any atom is 0.0897 e. The Morgan fingerprint density at radius 2 is 1.00 bits per heavy atom. The summed E-state index contributed by atoms with van der Waals surface area (Å²) >= 11 is 0. The highest BCUT2D eigenvalue weighted by Gasteiger charge is 2.07. The van der Waals surface area contributed by atoms with Crippen molar-refractivity contribution >= 4 is 22.1 Å². The molecule has 2 heteroatoms. The Kier molecular flexibility index (Phi) is 3.17. The lowest BCUT2D eigenvalue weighted by atomic mass is 10.0. The smallest absolute Gasteiger partial charge is 0.0897 e. The van der Waals surface area contributed by atoms with Crippen molar-refractivity contribution in [1.29, 1.82) is 0 Å². The maximum absolute atomic E-state index is 4.76. The van der Waals surface area contributed by atoms with Crippen LogP contribution in [-0.4, -0.2) is 9.97 Å². The zero-order valence-electron chi connectivity index (χ0n) is 12.5. The minimum absolute atomic E-state index is 0.514. The summed E-state index contributed by atoms with van der Waals surface area (Å²) < 4.78 is 0. The molecule has 2 aromatic carbocycles. The van der Waals surface area contributed by atoms with E-state index in [4.69, 9.17) is 9.97 Å². The van der Waals surface area contributed by atoms with Crippen molar-refractivity contribution in [2.45, 2.75) is 39.5 Å². The fraction of sp³-hybridized carbons (Fsp3) is 0.333. The first-order valence-electron chi connectivity index (χ1n) is 7.26. The molecule has 102 valence electrons. The van der Waals surface area contributed by atoms with E-state index >= 15 is 0 Å². The molecule has 20 heavy (non-hydrogen) atoms. The third-order valence-corrected chi connectivity index (χ3v) is 3.81. The van der Waals surface area contributed by atoms with Gasteiger partial charge >= 0.3 is 0 Å². The largest absolute Gasteiger partial charge is 0.244 e. The van der Waals surface area contributed by atoms with Gasteiger partial charge in [0.05, 0.1) is 22.1 Å². The fourth-order valence-corrected chi connectivity index (χ4v) is 2.43. The molecule has 3 aromatic rings. The SMILES string of the molecule is CC(C)c1ccc2nc3cc(C(C)C)ccc3nc2c1. The average molecular weight is 264 g/mol. The molecule has 3 rings (SSSR count). The van der Waals surface area contributed by atoms with E-state index in [0.29, 0.717) is 11.8 Å². The van der Waals surface area contributed by atoms with Crippen LogP contribution >= 0.6 is 0 Å². The van der Waals surface area contributed by atoms with Gasteiger partial charge in [0.1, 0.15) is 0 Å². The van der Waals surface area contributed by atoms with Crippen LogP contribution in [0.2, 0.25) is 0 Å². The highest BCUT2D eigenvalue weighted by atomic mass is 14.8. The van der Waals surface area contributed by atoms with Crippen LogP contribution in [0.5, 0.6) is 0 Å². The third-order valence-electron chi connectivity index (χ3n) is 3.81. The molecule has 1 heterocycles. The van der Waals surface area contributed by atoms with Gasteiger partial charge in [-0.2, -0.15) is 0 Å². The summed E-state index contributed by atoms with van der Waals surface area (Å²) in [7, 11) is 0. The zero-order chi connectivity index (χ0) is 14.3. The van der Waals surface area contributed by atoms with Gasteiger partial charge < -0.3 is 0 Å². The van der Waals surface area contributed by atoms with Gasteiger partial charge in [-0.15, -0.1) is 0 Å². The monoisotopic (exact) mass is 264 g/mol. The number of rotatable bonds is 2. The van der Waals surface area contributed by atoms with Gasteiger partial charge in [0.2, 0.25) is 0 Å². The topological polar surface area (TPSA) is 25.8 Å². The molecule has 2 nitrogen and oxygen atoms in total. The highest BCUT2D eigenvalue weighted by Crippen LogP contribution is 2.23. The summed E-state index contributed by atoms with van der Waals surface area (Å²) in [6.45, 7) is 8.80. The molecular formula is C18H20N2. The first-order valence-corrected chi connectivity index (χ1v) is 7.26. The van der Waals surface area contributed by atoms with Crippen molar-refractivity contribution in [1.82, 2.24) is 9.97 Å². The molecule has 0 amide bonds. The summed E-state index contributed by atoms with van der Waals surface area (Å²) in [6, 6.07) is 12.8. The molecule has 0 aliphatic heterocycles. The van der Waals surface area contributed by atoms with Crippen molar-refractivity contribution in [2.24, 2.45) is 0 Å². The molecule has 0 fully saturated rings. The fourth-order valence-electron chi connectivity index (χ4n) is 2.43. The summed E-state index contributed by atoms with van der Waals surface area (Å²) in [5, 5.41) is 0. The third kappa shape index (κ3) is 2.26. The normalized spacial score (nSPS) is 11.9. The minimum atomic E-state index is 0.514. The van der Waals surface area contributed by atoms with Gasteiger partial charge in [-0.3, -0.25) is 0 Å². The Morgan fingerprint density at radius 1 is 0.600 bits per heavy atom. The van der Waals surface area contributed by atoms with E-state index in [1.807, 2.05) is 0 Å². The van der Waals surface area contributed by atoms with Crippen molar-refractivity contribution in [3.05, 3.63) is 47.5 Å². The van der Waals surface area contributed by atoms with Crippen LogP contribution in [0.25, 0.3) is 22.1 Å². The Labute approximate surface area is 119 Å². The first kappa shape index (κ1) is 13.0. The summed E-state index contributed by atoms with van der Waals surface area (Å²) in [5.41, 5.74) is 6.54. The molecule has 0 radical (unpaired) electrons. The standard InChI is InChI=1S/C18H20N2/c1-11(2)13-5-7-15-17(9-13)19-16-8-6-14(12(3)4)10-18(16)20-15/h5-12H,1-4H3. The van der Waals surface area contributed by atoms with Crippen LogP contribution in [0.4, 0.5) is 0 Å². The van der Waals surface area contributed by atoms with E-state index in [9.17, 15) is 0 Å². The Hall–Kier alpha value is -1.96. The van der Waals surface area contributed by atoms with Crippen molar-refractivity contribution < 1.29 is 0 Å². The Balaban J connectivity index is 2.22. The van der Waals surface area contributed by atoms with E-state index in [2.05, 4.69) is 64.1 Å². The van der Waals surface area contributed by atoms with Gasteiger partial charge in [0, 0.05) is 0 Å². The van der Waals surface area contributed by atoms with Crippen molar-refractivity contribution in [3.8, 4) is 0 Å². The summed E-state index contributed by atoms with van der Waals surface area (Å²) in [4.78, 5) is 9.52. The number of fused-ring (bicyclic) bond motifs is 2. The number of hydrogen-bond donors (Lipinski definition) is 0. The van der Waals surface area contributed by atoms with Crippen LogP contribution in [-0.2, 0) is 0 Å². The number of aromatic nitrogens is 2. The summed E-state index contributed by atoms with van der Waals surface area (Å²) in [5.74, 6) is 1.03. The maximum atomic E-state index is 4.76. The summed E-state index contributed by atoms with van der Waals surface area (Å²) in [6.07, 6.45) is 0. The van der Waals surface area contributed by atoms with Gasteiger partial charge in [-0.05, 0) is 47.2 Å². The molecule has 0 aliphatic carbocycles. The van der Waals surface area contributed by atoms with Gasteiger partial charge in [-0.1, -0.05) is 39.8 Å². The average Bonchev–Trinajstić information content (AvgIpc) is 2.43. The van der Waals surface area contributed by atoms with Crippen LogP contribution < -0.4 is 0 Å². The zero-order valence-corrected chi connectivity index (χ0v) is 12.5. The quantitative estimate of drug-likeness (QED) is 0.607. The van der Waals surface area contributed by atoms with Crippen LogP contribution in [0, 0.1) is 0 Å². The van der Waals surface area contributed by atoms with Gasteiger partial charge in [0.15, 0.2) is 0 Å². The first-order chi connectivity index (χ1) is 9.54. The van der Waals surface area contributed by atoms with E-state index in [-0.39, 0.29) is 0 Å². The molecule has 0 atom stereocenters. The second-order valence-electron chi connectivity index (χ2n) is 6.03. The molecule has 0 aliphatic rings. The Bertz CT molecular complexity index is 705. The predicted molar refractivity (Wildman–Crippen MR) is 85.2 cm³/mol. The molecular weight excluding hydrogens is 244 g/mol. The minimum Gasteiger partial charge on any atom is -0.244 e. The lowest BCUT2D eigenvalue weighted by Gasteiger charge is -2.09. The second kappa shape index (κ2) is 4.86. The second-order valence-corrected chi connectivity index (χ2v) is 6.03. The molecule has 0 saturated carbocycles. The van der Waals surface area contributed by atoms with Gasteiger partial charge in [0.25, 0.3) is 0 Å². The predicted octanol–water partition coefficient (Wildman–Crippen LogP) is 5.03. The van der Waals surface area contributed by atoms with E-state index in [1.165, 1.54) is 11.1 Å². The van der Waals surface area contributed by atoms with Crippen LogP contribution in [0.3, 0.4) is 0 Å². The van der Waals surface area contributed by atoms with Crippen molar-refractivity contribution in [2.75, 3.05) is 0 Å². The Morgan fingerprint density at radius 3 is 1.35 bits per heavy atom. The molecule has 0 N–H and O–H groups in total. The van der Waals surface area contributed by atoms with Crippen molar-refractivity contribution in [3.63, 3.8) is 0 Å². The highest BCUT2D eigenvalue weighted by molar-refractivity contribution is 5.86. The van der Waals surface area contributed by atoms with Gasteiger partial charge in [-0.25, -0.2) is 9.97 Å². The van der Waals surface area contributed by atoms with E-state index in [1.54, 1.807) is 0 Å². The molecule has 0 spiro atoms.